The number of alkyl carbamates (subject to hydrolysis) is 1. The van der Waals surface area contributed by atoms with Crippen molar-refractivity contribution in [2.75, 3.05) is 26.2 Å². The molecule has 1 amide bonds. The highest BCUT2D eigenvalue weighted by atomic mass is 16.5. The molecule has 0 atom stereocenters. The molecule has 0 bridgehead atoms. The van der Waals surface area contributed by atoms with Crippen LogP contribution in [0.2, 0.25) is 0 Å². The van der Waals surface area contributed by atoms with E-state index in [2.05, 4.69) is 17.6 Å². The zero-order chi connectivity index (χ0) is 12.8. The molecule has 0 unspecified atom stereocenters. The van der Waals surface area contributed by atoms with Gasteiger partial charge in [0.15, 0.2) is 0 Å². The maximum Gasteiger partial charge on any atom is 0.407 e. The Morgan fingerprint density at radius 2 is 1.71 bits per heavy atom. The van der Waals surface area contributed by atoms with Crippen molar-refractivity contribution in [1.29, 1.82) is 0 Å². The third kappa shape index (κ3) is 13.2. The van der Waals surface area contributed by atoms with Crippen LogP contribution in [-0.4, -0.2) is 32.3 Å². The lowest BCUT2D eigenvalue weighted by molar-refractivity contribution is 0.144. The number of carbonyl (C=O) groups is 1. The van der Waals surface area contributed by atoms with E-state index in [1.54, 1.807) is 0 Å². The van der Waals surface area contributed by atoms with E-state index in [9.17, 15) is 4.79 Å². The molecule has 2 N–H and O–H groups in total. The Morgan fingerprint density at radius 1 is 1.00 bits per heavy atom. The fraction of sp³-hybridized carbons (Fsp3) is 0.923. The summed E-state index contributed by atoms with van der Waals surface area (Å²) in [6.07, 6.45) is 6.74. The number of rotatable bonds is 11. The number of nitrogens with one attached hydrogen (secondary N) is 2. The summed E-state index contributed by atoms with van der Waals surface area (Å²) >= 11 is 0. The van der Waals surface area contributed by atoms with Crippen molar-refractivity contribution >= 4 is 6.09 Å². The number of carbonyl (C=O) groups excluding carboxylic acids is 1. The summed E-state index contributed by atoms with van der Waals surface area (Å²) in [5, 5.41) is 6.02. The lowest BCUT2D eigenvalue weighted by atomic mass is 10.2. The molecule has 102 valence electrons. The van der Waals surface area contributed by atoms with Crippen LogP contribution in [0.4, 0.5) is 4.79 Å². The smallest absolute Gasteiger partial charge is 0.407 e. The van der Waals surface area contributed by atoms with Crippen LogP contribution in [-0.2, 0) is 4.74 Å². The topological polar surface area (TPSA) is 50.4 Å². The minimum atomic E-state index is -0.297. The summed E-state index contributed by atoms with van der Waals surface area (Å²) in [6.45, 7) is 7.49. The minimum absolute atomic E-state index is 0.297. The standard InChI is InChI=1S/C13H28N2O2/c1-3-5-10-14-11-8-6-7-9-12-17-13(16)15-4-2/h14H,3-12H2,1-2H3,(H,15,16). The van der Waals surface area contributed by atoms with Gasteiger partial charge in [-0.3, -0.25) is 0 Å². The first-order valence-corrected chi connectivity index (χ1v) is 6.92. The van der Waals surface area contributed by atoms with Crippen LogP contribution < -0.4 is 10.6 Å². The average molecular weight is 244 g/mol. The van der Waals surface area contributed by atoms with Gasteiger partial charge in [-0.05, 0) is 39.3 Å². The Morgan fingerprint density at radius 3 is 2.41 bits per heavy atom. The zero-order valence-corrected chi connectivity index (χ0v) is 11.4. The van der Waals surface area contributed by atoms with Gasteiger partial charge in [0.2, 0.25) is 0 Å². The van der Waals surface area contributed by atoms with Crippen molar-refractivity contribution in [2.24, 2.45) is 0 Å². The number of ether oxygens (including phenoxy) is 1. The summed E-state index contributed by atoms with van der Waals surface area (Å²) in [5.74, 6) is 0. The van der Waals surface area contributed by atoms with Crippen molar-refractivity contribution in [2.45, 2.75) is 52.4 Å². The van der Waals surface area contributed by atoms with E-state index in [1.165, 1.54) is 25.7 Å². The van der Waals surface area contributed by atoms with Crippen LogP contribution in [0.25, 0.3) is 0 Å². The molecular weight excluding hydrogens is 216 g/mol. The SMILES string of the molecule is CCCCNCCCCCCOC(=O)NCC. The first kappa shape index (κ1) is 16.2. The quantitative estimate of drug-likeness (QED) is 0.549. The van der Waals surface area contributed by atoms with E-state index in [0.717, 1.165) is 25.9 Å². The van der Waals surface area contributed by atoms with E-state index in [4.69, 9.17) is 4.74 Å². The van der Waals surface area contributed by atoms with Gasteiger partial charge in [0.1, 0.15) is 0 Å². The maximum absolute atomic E-state index is 10.9. The molecule has 0 aromatic carbocycles. The van der Waals surface area contributed by atoms with Gasteiger partial charge in [0, 0.05) is 6.54 Å². The van der Waals surface area contributed by atoms with Crippen molar-refractivity contribution in [3.8, 4) is 0 Å². The molecular formula is C13H28N2O2. The number of hydrogen-bond acceptors (Lipinski definition) is 3. The highest BCUT2D eigenvalue weighted by Gasteiger charge is 1.98. The van der Waals surface area contributed by atoms with Gasteiger partial charge in [0.05, 0.1) is 6.61 Å². The predicted molar refractivity (Wildman–Crippen MR) is 71.3 cm³/mol. The molecule has 0 aliphatic carbocycles. The van der Waals surface area contributed by atoms with Crippen LogP contribution in [0.5, 0.6) is 0 Å². The molecule has 4 nitrogen and oxygen atoms in total. The predicted octanol–water partition coefficient (Wildman–Crippen LogP) is 2.68. The van der Waals surface area contributed by atoms with E-state index >= 15 is 0 Å². The van der Waals surface area contributed by atoms with Crippen LogP contribution >= 0.6 is 0 Å². The third-order valence-corrected chi connectivity index (χ3v) is 2.51. The normalized spacial score (nSPS) is 10.2. The maximum atomic E-state index is 10.9. The van der Waals surface area contributed by atoms with Crippen LogP contribution in [0.1, 0.15) is 52.4 Å². The Balaban J connectivity index is 3.01. The van der Waals surface area contributed by atoms with E-state index < -0.39 is 0 Å². The molecule has 17 heavy (non-hydrogen) atoms. The van der Waals surface area contributed by atoms with Crippen molar-refractivity contribution < 1.29 is 9.53 Å². The molecule has 0 saturated heterocycles. The molecule has 0 fully saturated rings. The molecule has 0 rings (SSSR count). The van der Waals surface area contributed by atoms with Gasteiger partial charge in [-0.25, -0.2) is 4.79 Å². The second-order valence-electron chi connectivity index (χ2n) is 4.18. The van der Waals surface area contributed by atoms with E-state index in [1.807, 2.05) is 6.92 Å². The summed E-state index contributed by atoms with van der Waals surface area (Å²) in [4.78, 5) is 10.9. The van der Waals surface area contributed by atoms with Gasteiger partial charge in [-0.15, -0.1) is 0 Å². The molecule has 0 aromatic rings. The van der Waals surface area contributed by atoms with Gasteiger partial charge in [0.25, 0.3) is 0 Å². The fourth-order valence-corrected chi connectivity index (χ4v) is 1.49. The first-order chi connectivity index (χ1) is 8.31. The summed E-state index contributed by atoms with van der Waals surface area (Å²) in [7, 11) is 0. The monoisotopic (exact) mass is 244 g/mol. The largest absolute Gasteiger partial charge is 0.450 e. The summed E-state index contributed by atoms with van der Waals surface area (Å²) in [6, 6.07) is 0. The second kappa shape index (κ2) is 13.3. The summed E-state index contributed by atoms with van der Waals surface area (Å²) in [5.41, 5.74) is 0. The third-order valence-electron chi connectivity index (χ3n) is 2.51. The average Bonchev–Trinajstić information content (AvgIpc) is 2.32. The second-order valence-corrected chi connectivity index (χ2v) is 4.18. The molecule has 4 heteroatoms. The minimum Gasteiger partial charge on any atom is -0.450 e. The Labute approximate surface area is 105 Å². The summed E-state index contributed by atoms with van der Waals surface area (Å²) < 4.78 is 4.98. The van der Waals surface area contributed by atoms with Crippen LogP contribution in [0, 0.1) is 0 Å². The van der Waals surface area contributed by atoms with Crippen LogP contribution in [0.3, 0.4) is 0 Å². The number of hydrogen-bond donors (Lipinski definition) is 2. The van der Waals surface area contributed by atoms with E-state index in [-0.39, 0.29) is 6.09 Å². The first-order valence-electron chi connectivity index (χ1n) is 6.92. The van der Waals surface area contributed by atoms with Gasteiger partial charge >= 0.3 is 6.09 Å². The number of unbranched alkanes of at least 4 members (excludes halogenated alkanes) is 4. The molecule has 0 aliphatic rings. The van der Waals surface area contributed by atoms with Gasteiger partial charge < -0.3 is 15.4 Å². The lowest BCUT2D eigenvalue weighted by Gasteiger charge is -2.05. The highest BCUT2D eigenvalue weighted by Crippen LogP contribution is 1.99. The molecule has 0 heterocycles. The molecule has 0 radical (unpaired) electrons. The van der Waals surface area contributed by atoms with Gasteiger partial charge in [-0.2, -0.15) is 0 Å². The molecule has 0 aromatic heterocycles. The Bertz CT molecular complexity index is 175. The van der Waals surface area contributed by atoms with Crippen molar-refractivity contribution in [3.63, 3.8) is 0 Å². The fourth-order valence-electron chi connectivity index (χ4n) is 1.49. The number of amides is 1. The van der Waals surface area contributed by atoms with Crippen LogP contribution in [0.15, 0.2) is 0 Å². The Hall–Kier alpha value is -0.770. The lowest BCUT2D eigenvalue weighted by Crippen LogP contribution is -2.24. The molecule has 0 spiro atoms. The molecule has 0 aliphatic heterocycles. The van der Waals surface area contributed by atoms with Crippen molar-refractivity contribution in [1.82, 2.24) is 10.6 Å². The highest BCUT2D eigenvalue weighted by molar-refractivity contribution is 5.66. The Kier molecular flexibility index (Phi) is 12.7. The van der Waals surface area contributed by atoms with Gasteiger partial charge in [-0.1, -0.05) is 26.2 Å². The van der Waals surface area contributed by atoms with E-state index in [0.29, 0.717) is 13.2 Å². The molecule has 0 saturated carbocycles. The van der Waals surface area contributed by atoms with Crippen molar-refractivity contribution in [3.05, 3.63) is 0 Å². The zero-order valence-electron chi connectivity index (χ0n) is 11.4.